The van der Waals surface area contributed by atoms with Gasteiger partial charge in [0.05, 0.1) is 10.4 Å². The Balaban J connectivity index is 2.14. The van der Waals surface area contributed by atoms with Gasteiger partial charge in [-0.3, -0.25) is 0 Å². The van der Waals surface area contributed by atoms with E-state index in [-0.39, 0.29) is 0 Å². The Kier molecular flexibility index (Phi) is 4.23. The second-order valence-corrected chi connectivity index (χ2v) is 7.17. The van der Waals surface area contributed by atoms with Crippen LogP contribution < -0.4 is 9.36 Å². The molecule has 0 fully saturated rings. The number of hydrogen-bond acceptors (Lipinski definition) is 2. The van der Waals surface area contributed by atoms with Gasteiger partial charge in [0.1, 0.15) is 14.1 Å². The number of nitrogens with zero attached hydrogens (tertiary/aromatic N) is 6. The van der Waals surface area contributed by atoms with Crippen LogP contribution >= 0.6 is 45.2 Å². The van der Waals surface area contributed by atoms with Crippen LogP contribution in [0.4, 0.5) is 0 Å². The summed E-state index contributed by atoms with van der Waals surface area (Å²) < 4.78 is 9.88. The highest BCUT2D eigenvalue weighted by Crippen LogP contribution is 2.19. The monoisotopic (exact) mass is 522 g/mol. The van der Waals surface area contributed by atoms with Crippen molar-refractivity contribution in [1.82, 2.24) is 19.8 Å². The predicted molar refractivity (Wildman–Crippen MR) is 97.9 cm³/mol. The highest BCUT2D eigenvalue weighted by Gasteiger charge is 2.23. The molecule has 6 nitrogen and oxygen atoms in total. The third kappa shape index (κ3) is 2.55. The van der Waals surface area contributed by atoms with E-state index in [0.29, 0.717) is 0 Å². The van der Waals surface area contributed by atoms with Crippen molar-refractivity contribution in [3.8, 4) is 11.4 Å². The van der Waals surface area contributed by atoms with Crippen LogP contribution in [0.3, 0.4) is 0 Å². The van der Waals surface area contributed by atoms with Crippen molar-refractivity contribution in [2.45, 2.75) is 13.8 Å². The molecule has 2 heterocycles. The van der Waals surface area contributed by atoms with Crippen molar-refractivity contribution in [2.75, 3.05) is 0 Å². The van der Waals surface area contributed by atoms with E-state index < -0.39 is 0 Å². The zero-order chi connectivity index (χ0) is 16.0. The molecule has 0 radical (unpaired) electrons. The number of aromatic nitrogens is 6. The number of aryl methyl sites for hydroxylation is 2. The number of hydrogen-bond donors (Lipinski definition) is 0. The minimum absolute atomic E-state index is 1.03. The van der Waals surface area contributed by atoms with E-state index in [1.165, 1.54) is 0 Å². The Labute approximate surface area is 156 Å². The van der Waals surface area contributed by atoms with Crippen LogP contribution in [-0.2, 0) is 14.1 Å². The quantitative estimate of drug-likeness (QED) is 0.379. The van der Waals surface area contributed by atoms with Crippen molar-refractivity contribution in [3.05, 3.63) is 43.1 Å². The lowest BCUT2D eigenvalue weighted by molar-refractivity contribution is -0.737. The van der Waals surface area contributed by atoms with E-state index in [2.05, 4.69) is 87.7 Å². The summed E-state index contributed by atoms with van der Waals surface area (Å²) in [6, 6.07) is 8.25. The van der Waals surface area contributed by atoms with Gasteiger partial charge in [0.2, 0.25) is 7.40 Å². The van der Waals surface area contributed by atoms with Gasteiger partial charge in [0.15, 0.2) is 22.8 Å². The van der Waals surface area contributed by atoms with Gasteiger partial charge in [-0.25, -0.2) is 0 Å². The fourth-order valence-corrected chi connectivity index (χ4v) is 3.59. The summed E-state index contributed by atoms with van der Waals surface area (Å²) in [4.78, 5) is 0. The molecule has 0 aliphatic carbocycles. The average molecular weight is 522 g/mol. The smallest absolute Gasteiger partial charge is 0.136 e. The van der Waals surface area contributed by atoms with Gasteiger partial charge in [-0.15, -0.1) is 9.36 Å². The Morgan fingerprint density at radius 3 is 1.59 bits per heavy atom. The van der Waals surface area contributed by atoms with Crippen molar-refractivity contribution < 1.29 is 9.36 Å². The molecule has 3 rings (SSSR count). The minimum atomic E-state index is 1.03. The lowest BCUT2D eigenvalue weighted by Crippen LogP contribution is -2.33. The zero-order valence-electron chi connectivity index (χ0n) is 12.7. The molecular formula is C14H16I2N6+2. The van der Waals surface area contributed by atoms with Gasteiger partial charge in [0, 0.05) is 65.1 Å². The lowest BCUT2D eigenvalue weighted by atomic mass is 10.3. The fraction of sp³-hybridized carbons (Fsp3) is 0.286. The Hall–Kier alpha value is -1.04. The molecule has 0 aliphatic rings. The molecule has 0 bridgehead atoms. The molecule has 0 amide bonds. The summed E-state index contributed by atoms with van der Waals surface area (Å²) >= 11 is 4.65. The molecule has 1 aromatic carbocycles. The molecule has 2 aromatic heterocycles. The first-order chi connectivity index (χ1) is 10.4. The first-order valence-corrected chi connectivity index (χ1v) is 8.89. The third-order valence-electron chi connectivity index (χ3n) is 3.71. The molecule has 0 aliphatic heterocycles. The molecular weight excluding hydrogens is 506 g/mol. The summed E-state index contributed by atoms with van der Waals surface area (Å²) in [6.45, 7) is 4.13. The molecule has 22 heavy (non-hydrogen) atoms. The van der Waals surface area contributed by atoms with Crippen LogP contribution in [0.2, 0.25) is 0 Å². The normalized spacial score (nSPS) is 11.2. The Morgan fingerprint density at radius 1 is 0.864 bits per heavy atom. The second kappa shape index (κ2) is 5.87. The minimum Gasteiger partial charge on any atom is -0.136 e. The summed E-state index contributed by atoms with van der Waals surface area (Å²) in [5.41, 5.74) is 4.33. The number of benzene rings is 1. The lowest BCUT2D eigenvalue weighted by Gasteiger charge is -1.98. The summed E-state index contributed by atoms with van der Waals surface area (Å²) in [6.07, 6.45) is 0. The molecule has 0 N–H and O–H groups in total. The van der Waals surface area contributed by atoms with E-state index in [9.17, 15) is 0 Å². The Morgan fingerprint density at radius 2 is 1.27 bits per heavy atom. The molecule has 3 aromatic rings. The van der Waals surface area contributed by atoms with Crippen LogP contribution in [-0.4, -0.2) is 19.8 Å². The van der Waals surface area contributed by atoms with Gasteiger partial charge in [-0.1, -0.05) is 15.4 Å². The van der Waals surface area contributed by atoms with E-state index in [1.807, 2.05) is 38.9 Å². The second-order valence-electron chi connectivity index (χ2n) is 5.12. The largest absolute Gasteiger partial charge is 0.236 e. The number of halogens is 2. The molecule has 0 spiro atoms. The van der Waals surface area contributed by atoms with E-state index >= 15 is 0 Å². The topological polar surface area (TPSA) is 43.4 Å². The highest BCUT2D eigenvalue weighted by atomic mass is 127. The molecule has 0 atom stereocenters. The van der Waals surface area contributed by atoms with E-state index in [4.69, 9.17) is 0 Å². The van der Waals surface area contributed by atoms with Gasteiger partial charge >= 0.3 is 0 Å². The first-order valence-electron chi connectivity index (χ1n) is 6.74. The maximum absolute atomic E-state index is 4.55. The molecule has 0 saturated carbocycles. The van der Waals surface area contributed by atoms with Crippen molar-refractivity contribution in [2.24, 2.45) is 14.1 Å². The summed E-state index contributed by atoms with van der Waals surface area (Å²) in [5.74, 6) is 0. The number of rotatable bonds is 2. The van der Waals surface area contributed by atoms with E-state index in [1.54, 1.807) is 0 Å². The molecule has 114 valence electrons. The molecule has 8 heteroatoms. The van der Waals surface area contributed by atoms with Gasteiger partial charge in [0.25, 0.3) is 0 Å². The van der Waals surface area contributed by atoms with Crippen molar-refractivity contribution in [3.63, 3.8) is 0 Å². The molecule has 0 unspecified atom stereocenters. The zero-order valence-corrected chi connectivity index (χ0v) is 17.1. The van der Waals surface area contributed by atoms with Crippen LogP contribution in [0.15, 0.2) is 24.3 Å². The van der Waals surface area contributed by atoms with Crippen LogP contribution in [0.5, 0.6) is 0 Å². The summed E-state index contributed by atoms with van der Waals surface area (Å²) in [7, 11) is 3.91. The van der Waals surface area contributed by atoms with Gasteiger partial charge in [-0.05, 0) is 12.1 Å². The standard InChI is InChI=1S/C14H16I2N6/c1-9-13(15)21(17-19(9)3)11-6-5-7-12(8-11)22-14(16)10(2)20(4)18-22/h5-8H,1-4H3/q+2. The SMILES string of the molecule is Cc1c(I)n(-c2cccc(-n3n[n+](C)c(C)c3I)c2)n[n+]1C. The molecule has 0 saturated heterocycles. The van der Waals surface area contributed by atoms with Crippen LogP contribution in [0, 0.1) is 21.2 Å². The summed E-state index contributed by atoms with van der Waals surface area (Å²) in [5, 5.41) is 9.10. The van der Waals surface area contributed by atoms with Crippen LogP contribution in [0.1, 0.15) is 11.4 Å². The predicted octanol–water partition coefficient (Wildman–Crippen LogP) is 1.53. The highest BCUT2D eigenvalue weighted by molar-refractivity contribution is 14.1. The van der Waals surface area contributed by atoms with E-state index in [0.717, 1.165) is 30.2 Å². The van der Waals surface area contributed by atoms with Crippen molar-refractivity contribution >= 4 is 45.2 Å². The van der Waals surface area contributed by atoms with Gasteiger partial charge in [-0.2, -0.15) is 0 Å². The fourth-order valence-electron chi connectivity index (χ4n) is 2.14. The van der Waals surface area contributed by atoms with Gasteiger partial charge < -0.3 is 0 Å². The average Bonchev–Trinajstić information content (AvgIpc) is 2.92. The maximum atomic E-state index is 4.55. The van der Waals surface area contributed by atoms with Crippen LogP contribution in [0.25, 0.3) is 11.4 Å². The first kappa shape index (κ1) is 15.8. The Bertz CT molecular complexity index is 797. The third-order valence-corrected chi connectivity index (χ3v) is 6.18. The maximum Gasteiger partial charge on any atom is 0.236 e. The van der Waals surface area contributed by atoms with Crippen molar-refractivity contribution in [1.29, 1.82) is 0 Å².